The summed E-state index contributed by atoms with van der Waals surface area (Å²) in [4.78, 5) is 12.8. The second-order valence-electron chi connectivity index (χ2n) is 4.49. The molecule has 0 saturated carbocycles. The number of thioether (sulfide) groups is 1. The fourth-order valence-corrected chi connectivity index (χ4v) is 3.72. The molecule has 0 amide bonds. The Morgan fingerprint density at radius 2 is 2.29 bits per heavy atom. The SMILES string of the molecule is O=C([O-])CSCC12CCCN(CC1)C2. The Balaban J connectivity index is 1.81. The van der Waals surface area contributed by atoms with Crippen molar-refractivity contribution in [2.24, 2.45) is 5.41 Å². The van der Waals surface area contributed by atoms with E-state index in [2.05, 4.69) is 4.90 Å². The third kappa shape index (κ3) is 2.23. The van der Waals surface area contributed by atoms with Crippen LogP contribution in [-0.4, -0.2) is 42.0 Å². The van der Waals surface area contributed by atoms with Gasteiger partial charge in [-0.15, -0.1) is 0 Å². The second kappa shape index (κ2) is 4.11. The fourth-order valence-electron chi connectivity index (χ4n) is 2.64. The molecule has 2 aliphatic heterocycles. The van der Waals surface area contributed by atoms with Crippen LogP contribution in [0.3, 0.4) is 0 Å². The Hall–Kier alpha value is -0.220. The Morgan fingerprint density at radius 3 is 3.07 bits per heavy atom. The predicted molar refractivity (Wildman–Crippen MR) is 55.1 cm³/mol. The predicted octanol–water partition coefficient (Wildman–Crippen LogP) is -0.0446. The second-order valence-corrected chi connectivity index (χ2v) is 5.48. The average molecular weight is 214 g/mol. The third-order valence-electron chi connectivity index (χ3n) is 3.33. The van der Waals surface area contributed by atoms with Crippen LogP contribution in [0.1, 0.15) is 19.3 Å². The molecule has 0 aromatic rings. The van der Waals surface area contributed by atoms with E-state index in [0.29, 0.717) is 5.41 Å². The van der Waals surface area contributed by atoms with Crippen LogP contribution in [0.4, 0.5) is 0 Å². The van der Waals surface area contributed by atoms with Crippen LogP contribution >= 0.6 is 11.8 Å². The lowest BCUT2D eigenvalue weighted by atomic mass is 9.83. The van der Waals surface area contributed by atoms with Crippen LogP contribution in [0.25, 0.3) is 0 Å². The zero-order valence-electron chi connectivity index (χ0n) is 8.33. The van der Waals surface area contributed by atoms with Crippen molar-refractivity contribution in [2.75, 3.05) is 31.1 Å². The van der Waals surface area contributed by atoms with Crippen molar-refractivity contribution < 1.29 is 9.90 Å². The Labute approximate surface area is 88.9 Å². The molecule has 0 N–H and O–H groups in total. The topological polar surface area (TPSA) is 43.4 Å². The van der Waals surface area contributed by atoms with Gasteiger partial charge in [-0.1, -0.05) is 0 Å². The number of rotatable bonds is 4. The quantitative estimate of drug-likeness (QED) is 0.658. The van der Waals surface area contributed by atoms with Gasteiger partial charge in [0, 0.05) is 18.1 Å². The van der Waals surface area contributed by atoms with Crippen LogP contribution in [-0.2, 0) is 4.79 Å². The summed E-state index contributed by atoms with van der Waals surface area (Å²) >= 11 is 1.53. The summed E-state index contributed by atoms with van der Waals surface area (Å²) in [6.07, 6.45) is 3.82. The van der Waals surface area contributed by atoms with Gasteiger partial charge in [0.1, 0.15) is 0 Å². The zero-order valence-corrected chi connectivity index (χ0v) is 9.15. The fraction of sp³-hybridized carbons (Fsp3) is 0.900. The number of hydrogen-bond acceptors (Lipinski definition) is 4. The van der Waals surface area contributed by atoms with E-state index in [1.165, 1.54) is 50.7 Å². The maximum Gasteiger partial charge on any atom is 0.0513 e. The third-order valence-corrected chi connectivity index (χ3v) is 4.58. The highest BCUT2D eigenvalue weighted by Gasteiger charge is 2.40. The van der Waals surface area contributed by atoms with Crippen molar-refractivity contribution in [1.29, 1.82) is 0 Å². The lowest BCUT2D eigenvalue weighted by molar-refractivity contribution is -0.301. The molecular weight excluding hydrogens is 198 g/mol. The molecule has 2 fully saturated rings. The first-order valence-electron chi connectivity index (χ1n) is 5.20. The number of carboxylic acid groups (broad SMARTS) is 1. The van der Waals surface area contributed by atoms with Gasteiger partial charge in [0.2, 0.25) is 0 Å². The smallest absolute Gasteiger partial charge is 0.0513 e. The number of nitrogens with zero attached hydrogens (tertiary/aromatic N) is 1. The summed E-state index contributed by atoms with van der Waals surface area (Å²) in [5.41, 5.74) is 0.429. The van der Waals surface area contributed by atoms with E-state index in [1.807, 2.05) is 0 Å². The van der Waals surface area contributed by atoms with Crippen molar-refractivity contribution in [1.82, 2.24) is 4.90 Å². The van der Waals surface area contributed by atoms with Gasteiger partial charge >= 0.3 is 0 Å². The van der Waals surface area contributed by atoms with Crippen LogP contribution < -0.4 is 5.11 Å². The summed E-state index contributed by atoms with van der Waals surface area (Å²) in [5.74, 6) is 0.219. The number of hydrogen-bond donors (Lipinski definition) is 0. The molecule has 80 valence electrons. The van der Waals surface area contributed by atoms with Gasteiger partial charge in [-0.05, 0) is 37.8 Å². The molecule has 14 heavy (non-hydrogen) atoms. The van der Waals surface area contributed by atoms with Crippen molar-refractivity contribution in [3.63, 3.8) is 0 Å². The maximum absolute atomic E-state index is 10.3. The molecule has 2 rings (SSSR count). The molecule has 0 aliphatic carbocycles. The van der Waals surface area contributed by atoms with Crippen LogP contribution in [0, 0.1) is 5.41 Å². The van der Waals surface area contributed by atoms with E-state index in [0.717, 1.165) is 5.75 Å². The molecule has 2 unspecified atom stereocenters. The average Bonchev–Trinajstić information content (AvgIpc) is 2.42. The molecule has 4 heteroatoms. The summed E-state index contributed by atoms with van der Waals surface area (Å²) < 4.78 is 0. The minimum Gasteiger partial charge on any atom is -0.549 e. The van der Waals surface area contributed by atoms with Gasteiger partial charge in [0.05, 0.1) is 5.97 Å². The molecule has 0 aromatic heterocycles. The molecule has 3 nitrogen and oxygen atoms in total. The van der Waals surface area contributed by atoms with E-state index in [9.17, 15) is 9.90 Å². The van der Waals surface area contributed by atoms with E-state index < -0.39 is 5.97 Å². The van der Waals surface area contributed by atoms with E-state index in [1.54, 1.807) is 0 Å². The summed E-state index contributed by atoms with van der Waals surface area (Å²) in [7, 11) is 0. The van der Waals surface area contributed by atoms with Crippen LogP contribution in [0.15, 0.2) is 0 Å². The molecule has 2 heterocycles. The van der Waals surface area contributed by atoms with Gasteiger partial charge in [0.25, 0.3) is 0 Å². The Morgan fingerprint density at radius 1 is 1.43 bits per heavy atom. The molecule has 2 bridgehead atoms. The first-order valence-corrected chi connectivity index (χ1v) is 6.36. The van der Waals surface area contributed by atoms with Crippen molar-refractivity contribution in [3.8, 4) is 0 Å². The number of carbonyl (C=O) groups excluding carboxylic acids is 1. The largest absolute Gasteiger partial charge is 0.549 e. The zero-order chi connectivity index (χ0) is 10.0. The van der Waals surface area contributed by atoms with E-state index in [-0.39, 0.29) is 5.75 Å². The Kier molecular flexibility index (Phi) is 3.02. The molecule has 2 saturated heterocycles. The summed E-state index contributed by atoms with van der Waals surface area (Å²) in [6, 6.07) is 0. The summed E-state index contributed by atoms with van der Waals surface area (Å²) in [6.45, 7) is 3.64. The lowest BCUT2D eigenvalue weighted by Gasteiger charge is -2.33. The first-order chi connectivity index (χ1) is 6.70. The lowest BCUT2D eigenvalue weighted by Crippen LogP contribution is -2.36. The van der Waals surface area contributed by atoms with Gasteiger partial charge in [-0.25, -0.2) is 0 Å². The minimum absolute atomic E-state index is 0.155. The molecule has 2 atom stereocenters. The molecular formula is C10H16NO2S-. The minimum atomic E-state index is -0.933. The van der Waals surface area contributed by atoms with Crippen LogP contribution in [0.5, 0.6) is 0 Å². The first kappa shape index (κ1) is 10.3. The van der Waals surface area contributed by atoms with Crippen LogP contribution in [0.2, 0.25) is 0 Å². The molecule has 2 aliphatic rings. The maximum atomic E-state index is 10.3. The van der Waals surface area contributed by atoms with Gasteiger partial charge in [-0.2, -0.15) is 11.8 Å². The highest BCUT2D eigenvalue weighted by Crippen LogP contribution is 2.41. The normalized spacial score (nSPS) is 35.9. The standard InChI is InChI=1S/C10H17NO2S/c12-9(13)6-14-8-10-2-1-4-11(7-10)5-3-10/h1-8H2,(H,12,13)/p-1. The van der Waals surface area contributed by atoms with Crippen molar-refractivity contribution >= 4 is 17.7 Å². The van der Waals surface area contributed by atoms with E-state index >= 15 is 0 Å². The van der Waals surface area contributed by atoms with E-state index in [4.69, 9.17) is 0 Å². The number of carbonyl (C=O) groups is 1. The Bertz CT molecular complexity index is 230. The molecule has 0 spiro atoms. The number of carboxylic acids is 1. The molecule has 0 aromatic carbocycles. The number of piperidine rings is 1. The summed E-state index contributed by atoms with van der Waals surface area (Å²) in [5, 5.41) is 10.3. The van der Waals surface area contributed by atoms with Gasteiger partial charge in [0.15, 0.2) is 0 Å². The monoisotopic (exact) mass is 214 g/mol. The number of aliphatic carboxylic acids is 1. The molecule has 0 radical (unpaired) electrons. The van der Waals surface area contributed by atoms with Gasteiger partial charge in [-0.3, -0.25) is 0 Å². The highest BCUT2D eigenvalue weighted by molar-refractivity contribution is 7.99. The number of fused-ring (bicyclic) bond motifs is 2. The van der Waals surface area contributed by atoms with Gasteiger partial charge < -0.3 is 14.8 Å². The highest BCUT2D eigenvalue weighted by atomic mass is 32.2. The van der Waals surface area contributed by atoms with Crippen molar-refractivity contribution in [3.05, 3.63) is 0 Å². The van der Waals surface area contributed by atoms with Crippen molar-refractivity contribution in [2.45, 2.75) is 19.3 Å².